The molecule has 0 aliphatic carbocycles. The Balaban J connectivity index is 1.64. The van der Waals surface area contributed by atoms with E-state index in [1.165, 1.54) is 30.1 Å². The number of anilines is 1. The fourth-order valence-corrected chi connectivity index (χ4v) is 4.28. The SMILES string of the molecule is CN(C)C1CCN(c2ccc3ncn(COCC[Si](C)(C)C)c3c2)CC1. The molecule has 1 fully saturated rings. The Labute approximate surface area is 159 Å². The van der Waals surface area contributed by atoms with Gasteiger partial charge in [0.2, 0.25) is 0 Å². The molecule has 1 aromatic carbocycles. The fourth-order valence-electron chi connectivity index (χ4n) is 3.53. The number of rotatable bonds is 7. The molecule has 0 atom stereocenters. The van der Waals surface area contributed by atoms with Crippen LogP contribution in [-0.2, 0) is 11.5 Å². The van der Waals surface area contributed by atoms with E-state index in [0.29, 0.717) is 12.8 Å². The minimum absolute atomic E-state index is 0.590. The summed E-state index contributed by atoms with van der Waals surface area (Å²) in [5.74, 6) is 0. The molecular weight excluding hydrogens is 340 g/mol. The van der Waals surface area contributed by atoms with Crippen LogP contribution >= 0.6 is 0 Å². The molecule has 0 radical (unpaired) electrons. The summed E-state index contributed by atoms with van der Waals surface area (Å²) in [7, 11) is 3.34. The summed E-state index contributed by atoms with van der Waals surface area (Å²) in [6.07, 6.45) is 4.36. The van der Waals surface area contributed by atoms with Gasteiger partial charge in [-0.3, -0.25) is 0 Å². The number of imidazole rings is 1. The average Bonchev–Trinajstić information content (AvgIpc) is 3.00. The van der Waals surface area contributed by atoms with Crippen LogP contribution in [0.4, 0.5) is 5.69 Å². The van der Waals surface area contributed by atoms with Crippen molar-refractivity contribution in [2.75, 3.05) is 38.7 Å². The lowest BCUT2D eigenvalue weighted by Gasteiger charge is -2.36. The topological polar surface area (TPSA) is 33.5 Å². The van der Waals surface area contributed by atoms with E-state index in [0.717, 1.165) is 25.2 Å². The van der Waals surface area contributed by atoms with Gasteiger partial charge in [-0.15, -0.1) is 0 Å². The van der Waals surface area contributed by atoms with Gasteiger partial charge in [-0.2, -0.15) is 0 Å². The van der Waals surface area contributed by atoms with Gasteiger partial charge in [0.05, 0.1) is 17.4 Å². The van der Waals surface area contributed by atoms with E-state index < -0.39 is 8.07 Å². The number of hydrogen-bond acceptors (Lipinski definition) is 4. The number of benzene rings is 1. The quantitative estimate of drug-likeness (QED) is 0.544. The number of aromatic nitrogens is 2. The maximum atomic E-state index is 5.93. The fraction of sp³-hybridized carbons (Fsp3) is 0.650. The Kier molecular flexibility index (Phi) is 6.05. The van der Waals surface area contributed by atoms with Crippen LogP contribution in [0.1, 0.15) is 12.8 Å². The van der Waals surface area contributed by atoms with E-state index in [1.807, 2.05) is 6.33 Å². The second kappa shape index (κ2) is 8.11. The van der Waals surface area contributed by atoms with E-state index in [1.54, 1.807) is 0 Å². The van der Waals surface area contributed by atoms with Gasteiger partial charge in [0.1, 0.15) is 6.73 Å². The van der Waals surface area contributed by atoms with Gasteiger partial charge in [0.25, 0.3) is 0 Å². The van der Waals surface area contributed by atoms with E-state index >= 15 is 0 Å². The normalized spacial score (nSPS) is 16.8. The smallest absolute Gasteiger partial charge is 0.124 e. The third kappa shape index (κ3) is 4.87. The molecule has 0 unspecified atom stereocenters. The number of piperidine rings is 1. The monoisotopic (exact) mass is 374 g/mol. The minimum Gasteiger partial charge on any atom is -0.371 e. The number of fused-ring (bicyclic) bond motifs is 1. The summed E-state index contributed by atoms with van der Waals surface area (Å²) < 4.78 is 8.06. The van der Waals surface area contributed by atoms with E-state index in [-0.39, 0.29) is 0 Å². The Hall–Kier alpha value is -1.37. The lowest BCUT2D eigenvalue weighted by Crippen LogP contribution is -2.41. The zero-order chi connectivity index (χ0) is 18.7. The zero-order valence-corrected chi connectivity index (χ0v) is 18.0. The molecule has 1 aromatic heterocycles. The molecule has 6 heteroatoms. The van der Waals surface area contributed by atoms with Gasteiger partial charge < -0.3 is 19.1 Å². The Bertz CT molecular complexity index is 714. The lowest BCUT2D eigenvalue weighted by molar-refractivity contribution is 0.0898. The highest BCUT2D eigenvalue weighted by Crippen LogP contribution is 2.25. The second-order valence-electron chi connectivity index (χ2n) is 8.92. The van der Waals surface area contributed by atoms with Crippen LogP contribution in [0.5, 0.6) is 0 Å². The summed E-state index contributed by atoms with van der Waals surface area (Å²) in [6, 6.07) is 8.54. The predicted octanol–water partition coefficient (Wildman–Crippen LogP) is 3.88. The highest BCUT2D eigenvalue weighted by molar-refractivity contribution is 6.76. The molecule has 1 aliphatic rings. The maximum absolute atomic E-state index is 5.93. The maximum Gasteiger partial charge on any atom is 0.124 e. The van der Waals surface area contributed by atoms with Crippen molar-refractivity contribution in [3.05, 3.63) is 24.5 Å². The van der Waals surface area contributed by atoms with Gasteiger partial charge >= 0.3 is 0 Å². The number of nitrogens with zero attached hydrogens (tertiary/aromatic N) is 4. The summed E-state index contributed by atoms with van der Waals surface area (Å²) in [5.41, 5.74) is 3.52. The van der Waals surface area contributed by atoms with Crippen molar-refractivity contribution in [2.24, 2.45) is 0 Å². The van der Waals surface area contributed by atoms with Crippen molar-refractivity contribution >= 4 is 24.8 Å². The van der Waals surface area contributed by atoms with Gasteiger partial charge in [0, 0.05) is 39.5 Å². The molecular formula is C20H34N4OSi. The largest absolute Gasteiger partial charge is 0.371 e. The Morgan fingerprint density at radius 1 is 1.19 bits per heavy atom. The van der Waals surface area contributed by atoms with Gasteiger partial charge in [-0.25, -0.2) is 4.98 Å². The highest BCUT2D eigenvalue weighted by Gasteiger charge is 2.21. The standard InChI is InChI=1S/C20H34N4OSi/c1-22(2)17-8-10-23(11-9-17)18-6-7-19-20(14-18)24(15-21-19)16-25-12-13-26(3,4)5/h6-7,14-15,17H,8-13,16H2,1-5H3. The van der Waals surface area contributed by atoms with E-state index in [4.69, 9.17) is 4.74 Å². The summed E-state index contributed by atoms with van der Waals surface area (Å²) >= 11 is 0. The number of hydrogen-bond donors (Lipinski definition) is 0. The first kappa shape index (κ1) is 19.4. The molecule has 5 nitrogen and oxygen atoms in total. The molecule has 0 bridgehead atoms. The molecule has 2 aromatic rings. The molecule has 3 rings (SSSR count). The first-order chi connectivity index (χ1) is 12.3. The molecule has 0 saturated carbocycles. The van der Waals surface area contributed by atoms with Crippen molar-refractivity contribution < 1.29 is 4.74 Å². The molecule has 0 spiro atoms. The second-order valence-corrected chi connectivity index (χ2v) is 14.5. The van der Waals surface area contributed by atoms with Crippen molar-refractivity contribution in [3.63, 3.8) is 0 Å². The van der Waals surface area contributed by atoms with Crippen molar-refractivity contribution in [1.29, 1.82) is 0 Å². The van der Waals surface area contributed by atoms with Crippen LogP contribution in [0, 0.1) is 0 Å². The Morgan fingerprint density at radius 2 is 1.92 bits per heavy atom. The van der Waals surface area contributed by atoms with E-state index in [9.17, 15) is 0 Å². The molecule has 0 N–H and O–H groups in total. The highest BCUT2D eigenvalue weighted by atomic mass is 28.3. The molecule has 26 heavy (non-hydrogen) atoms. The third-order valence-corrected chi connectivity index (χ3v) is 7.10. The molecule has 1 aliphatic heterocycles. The van der Waals surface area contributed by atoms with Crippen molar-refractivity contribution in [2.45, 2.75) is 51.3 Å². The van der Waals surface area contributed by atoms with Gasteiger partial charge in [-0.05, 0) is 51.2 Å². The van der Waals surface area contributed by atoms with Crippen molar-refractivity contribution in [3.8, 4) is 0 Å². The predicted molar refractivity (Wildman–Crippen MR) is 113 cm³/mol. The van der Waals surface area contributed by atoms with Gasteiger partial charge in [-0.1, -0.05) is 19.6 Å². The van der Waals surface area contributed by atoms with Crippen LogP contribution in [0.2, 0.25) is 25.7 Å². The summed E-state index contributed by atoms with van der Waals surface area (Å²) in [4.78, 5) is 9.39. The Morgan fingerprint density at radius 3 is 2.58 bits per heavy atom. The van der Waals surface area contributed by atoms with Crippen LogP contribution in [0.25, 0.3) is 11.0 Å². The molecule has 0 amide bonds. The first-order valence-electron chi connectivity index (χ1n) is 9.77. The molecule has 144 valence electrons. The van der Waals surface area contributed by atoms with Gasteiger partial charge in [0.15, 0.2) is 0 Å². The van der Waals surface area contributed by atoms with Crippen LogP contribution in [-0.4, -0.2) is 62.4 Å². The lowest BCUT2D eigenvalue weighted by atomic mass is 10.0. The third-order valence-electron chi connectivity index (χ3n) is 5.39. The zero-order valence-electron chi connectivity index (χ0n) is 17.0. The molecule has 2 heterocycles. The minimum atomic E-state index is -1.04. The number of ether oxygens (including phenoxy) is 1. The first-order valence-corrected chi connectivity index (χ1v) is 13.5. The summed E-state index contributed by atoms with van der Waals surface area (Å²) in [5, 5.41) is 0. The van der Waals surface area contributed by atoms with E-state index in [2.05, 4.69) is 71.3 Å². The van der Waals surface area contributed by atoms with Crippen LogP contribution in [0.3, 0.4) is 0 Å². The van der Waals surface area contributed by atoms with Crippen LogP contribution < -0.4 is 4.90 Å². The molecule has 1 saturated heterocycles. The van der Waals surface area contributed by atoms with Crippen LogP contribution in [0.15, 0.2) is 24.5 Å². The van der Waals surface area contributed by atoms with Crippen molar-refractivity contribution in [1.82, 2.24) is 14.5 Å². The average molecular weight is 375 g/mol. The summed E-state index contributed by atoms with van der Waals surface area (Å²) in [6.45, 7) is 10.8.